The summed E-state index contributed by atoms with van der Waals surface area (Å²) in [7, 11) is 0. The number of unbranched alkanes of at least 4 members (excludes halogenated alkanes) is 5. The van der Waals surface area contributed by atoms with Gasteiger partial charge < -0.3 is 4.74 Å². The summed E-state index contributed by atoms with van der Waals surface area (Å²) in [4.78, 5) is 16.7. The van der Waals surface area contributed by atoms with Gasteiger partial charge in [-0.3, -0.25) is 9.69 Å². The van der Waals surface area contributed by atoms with Crippen molar-refractivity contribution in [3.8, 4) is 5.75 Å². The zero-order valence-electron chi connectivity index (χ0n) is 22.4. The Morgan fingerprint density at radius 1 is 1.06 bits per heavy atom. The number of hydrogen-bond donors (Lipinski definition) is 0. The van der Waals surface area contributed by atoms with Crippen LogP contribution in [0.3, 0.4) is 0 Å². The standard InChI is InChI=1S/C31H47NO2S/c1-4-21-32(22-20-28-15-12-23-35-28)27-18-19-29-26(24-27)14-11-16-30(29)34-31(33)17-10-8-6-5-7-9-13-25(2)3/h11-12,14-16,23,25,27H,4-10,13,17-22,24H2,1-3H3. The van der Waals surface area contributed by atoms with E-state index >= 15 is 0 Å². The Bertz CT molecular complexity index is 861. The molecule has 0 aliphatic heterocycles. The number of benzene rings is 1. The lowest BCUT2D eigenvalue weighted by Gasteiger charge is -2.35. The van der Waals surface area contributed by atoms with Gasteiger partial charge in [-0.2, -0.15) is 0 Å². The first-order valence-corrected chi connectivity index (χ1v) is 15.0. The second-order valence-corrected chi connectivity index (χ2v) is 11.7. The molecule has 1 aliphatic carbocycles. The maximum Gasteiger partial charge on any atom is 0.311 e. The largest absolute Gasteiger partial charge is 0.426 e. The lowest BCUT2D eigenvalue weighted by Crippen LogP contribution is -2.41. The lowest BCUT2D eigenvalue weighted by atomic mass is 9.86. The van der Waals surface area contributed by atoms with Crippen LogP contribution in [0, 0.1) is 5.92 Å². The first-order chi connectivity index (χ1) is 17.1. The number of hydrogen-bond acceptors (Lipinski definition) is 4. The smallest absolute Gasteiger partial charge is 0.311 e. The Hall–Kier alpha value is -1.65. The average molecular weight is 498 g/mol. The predicted molar refractivity (Wildman–Crippen MR) is 150 cm³/mol. The number of thiophene rings is 1. The summed E-state index contributed by atoms with van der Waals surface area (Å²) in [5.41, 5.74) is 2.63. The van der Waals surface area contributed by atoms with Crippen molar-refractivity contribution in [1.82, 2.24) is 4.90 Å². The van der Waals surface area contributed by atoms with Crippen LogP contribution in [0.5, 0.6) is 5.75 Å². The number of nitrogens with zero attached hydrogens (tertiary/aromatic N) is 1. The number of rotatable bonds is 16. The molecule has 4 heteroatoms. The highest BCUT2D eigenvalue weighted by Crippen LogP contribution is 2.32. The number of ether oxygens (including phenoxy) is 1. The fourth-order valence-corrected chi connectivity index (χ4v) is 6.03. The van der Waals surface area contributed by atoms with Gasteiger partial charge in [0.2, 0.25) is 0 Å². The zero-order valence-corrected chi connectivity index (χ0v) is 23.2. The molecule has 3 nitrogen and oxygen atoms in total. The summed E-state index contributed by atoms with van der Waals surface area (Å²) >= 11 is 1.86. The second-order valence-electron chi connectivity index (χ2n) is 10.7. The van der Waals surface area contributed by atoms with Crippen molar-refractivity contribution < 1.29 is 9.53 Å². The molecule has 0 bridgehead atoms. The van der Waals surface area contributed by atoms with Crippen molar-refractivity contribution in [2.24, 2.45) is 5.92 Å². The van der Waals surface area contributed by atoms with E-state index in [2.05, 4.69) is 55.3 Å². The van der Waals surface area contributed by atoms with Crippen molar-refractivity contribution >= 4 is 17.3 Å². The van der Waals surface area contributed by atoms with Crippen LogP contribution in [0.4, 0.5) is 0 Å². The van der Waals surface area contributed by atoms with E-state index in [1.54, 1.807) is 0 Å². The van der Waals surface area contributed by atoms with Crippen LogP contribution in [-0.2, 0) is 24.1 Å². The molecule has 35 heavy (non-hydrogen) atoms. The Morgan fingerprint density at radius 3 is 2.60 bits per heavy atom. The quantitative estimate of drug-likeness (QED) is 0.133. The number of esters is 1. The number of fused-ring (bicyclic) bond motifs is 1. The molecule has 3 rings (SSSR count). The molecule has 0 N–H and O–H groups in total. The molecule has 0 fully saturated rings. The second kappa shape index (κ2) is 15.5. The van der Waals surface area contributed by atoms with E-state index in [4.69, 9.17) is 4.74 Å². The molecule has 1 aliphatic rings. The van der Waals surface area contributed by atoms with E-state index in [1.807, 2.05) is 17.4 Å². The zero-order chi connectivity index (χ0) is 24.9. The van der Waals surface area contributed by atoms with E-state index in [0.717, 1.165) is 63.3 Å². The summed E-state index contributed by atoms with van der Waals surface area (Å²) in [5, 5.41) is 2.17. The SMILES string of the molecule is CCCN(CCc1cccs1)C1CCc2c(cccc2OC(=O)CCCCCCCCC(C)C)C1. The molecule has 0 amide bonds. The van der Waals surface area contributed by atoms with Crippen LogP contribution in [-0.4, -0.2) is 30.0 Å². The first-order valence-electron chi connectivity index (χ1n) is 14.1. The molecular weight excluding hydrogens is 450 g/mol. The van der Waals surface area contributed by atoms with Gasteiger partial charge in [-0.25, -0.2) is 0 Å². The molecular formula is C31H47NO2S. The van der Waals surface area contributed by atoms with Crippen molar-refractivity contribution in [2.75, 3.05) is 13.1 Å². The summed E-state index contributed by atoms with van der Waals surface area (Å²) in [6, 6.07) is 11.3. The van der Waals surface area contributed by atoms with Gasteiger partial charge >= 0.3 is 5.97 Å². The van der Waals surface area contributed by atoms with Gasteiger partial charge in [0, 0.05) is 23.9 Å². The monoisotopic (exact) mass is 497 g/mol. The summed E-state index contributed by atoms with van der Waals surface area (Å²) in [6.07, 6.45) is 14.6. The van der Waals surface area contributed by atoms with Crippen LogP contribution in [0.2, 0.25) is 0 Å². The van der Waals surface area contributed by atoms with Crippen LogP contribution in [0.15, 0.2) is 35.7 Å². The normalized spacial score (nSPS) is 15.5. The highest BCUT2D eigenvalue weighted by molar-refractivity contribution is 7.09. The molecule has 1 aromatic heterocycles. The minimum absolute atomic E-state index is 0.0658. The van der Waals surface area contributed by atoms with Gasteiger partial charge in [0.1, 0.15) is 5.75 Å². The van der Waals surface area contributed by atoms with E-state index < -0.39 is 0 Å². The van der Waals surface area contributed by atoms with Crippen LogP contribution in [0.1, 0.15) is 101 Å². The minimum atomic E-state index is -0.0658. The Kier molecular flexibility index (Phi) is 12.3. The summed E-state index contributed by atoms with van der Waals surface area (Å²) in [5.74, 6) is 1.55. The molecule has 0 saturated carbocycles. The molecule has 0 saturated heterocycles. The highest BCUT2D eigenvalue weighted by atomic mass is 32.1. The maximum absolute atomic E-state index is 12.5. The third kappa shape index (κ3) is 9.73. The summed E-state index contributed by atoms with van der Waals surface area (Å²) in [6.45, 7) is 9.14. The van der Waals surface area contributed by atoms with Crippen molar-refractivity contribution in [3.63, 3.8) is 0 Å². The Morgan fingerprint density at radius 2 is 1.86 bits per heavy atom. The van der Waals surface area contributed by atoms with Gasteiger partial charge in [-0.15, -0.1) is 11.3 Å². The summed E-state index contributed by atoms with van der Waals surface area (Å²) < 4.78 is 5.87. The molecule has 0 spiro atoms. The van der Waals surface area contributed by atoms with Gasteiger partial charge in [-0.1, -0.05) is 77.5 Å². The number of carbonyl (C=O) groups excluding carboxylic acids is 1. The van der Waals surface area contributed by atoms with Crippen molar-refractivity contribution in [1.29, 1.82) is 0 Å². The molecule has 194 valence electrons. The van der Waals surface area contributed by atoms with Crippen molar-refractivity contribution in [2.45, 2.75) is 110 Å². The van der Waals surface area contributed by atoms with Crippen LogP contribution in [0.25, 0.3) is 0 Å². The van der Waals surface area contributed by atoms with E-state index in [-0.39, 0.29) is 5.97 Å². The fraction of sp³-hybridized carbons (Fsp3) is 0.645. The molecule has 1 unspecified atom stereocenters. The van der Waals surface area contributed by atoms with E-state index in [9.17, 15) is 4.79 Å². The van der Waals surface area contributed by atoms with Gasteiger partial charge in [0.05, 0.1) is 0 Å². The molecule has 0 radical (unpaired) electrons. The molecule has 1 atom stereocenters. The number of carbonyl (C=O) groups is 1. The fourth-order valence-electron chi connectivity index (χ4n) is 5.34. The van der Waals surface area contributed by atoms with Crippen LogP contribution < -0.4 is 4.74 Å². The van der Waals surface area contributed by atoms with E-state index in [0.29, 0.717) is 12.5 Å². The molecule has 2 aromatic rings. The van der Waals surface area contributed by atoms with Crippen LogP contribution >= 0.6 is 11.3 Å². The lowest BCUT2D eigenvalue weighted by molar-refractivity contribution is -0.134. The third-order valence-electron chi connectivity index (χ3n) is 7.30. The predicted octanol–water partition coefficient (Wildman–Crippen LogP) is 8.24. The van der Waals surface area contributed by atoms with Gasteiger partial charge in [0.25, 0.3) is 0 Å². The topological polar surface area (TPSA) is 29.5 Å². The van der Waals surface area contributed by atoms with Gasteiger partial charge in [0.15, 0.2) is 0 Å². The van der Waals surface area contributed by atoms with Gasteiger partial charge in [-0.05, 0) is 79.6 Å². The molecule has 1 heterocycles. The van der Waals surface area contributed by atoms with Crippen molar-refractivity contribution in [3.05, 3.63) is 51.7 Å². The Balaban J connectivity index is 1.44. The average Bonchev–Trinajstić information content (AvgIpc) is 3.37. The minimum Gasteiger partial charge on any atom is -0.426 e. The molecule has 1 aromatic carbocycles. The maximum atomic E-state index is 12.5. The highest BCUT2D eigenvalue weighted by Gasteiger charge is 2.26. The first kappa shape index (κ1) is 27.9. The van der Waals surface area contributed by atoms with E-state index in [1.165, 1.54) is 54.5 Å². The third-order valence-corrected chi connectivity index (χ3v) is 8.24. The Labute approximate surface area is 218 Å².